The van der Waals surface area contributed by atoms with Gasteiger partial charge in [0.25, 0.3) is 5.91 Å². The van der Waals surface area contributed by atoms with E-state index in [2.05, 4.69) is 10.6 Å². The molecule has 0 atom stereocenters. The van der Waals surface area contributed by atoms with E-state index < -0.39 is 11.7 Å². The summed E-state index contributed by atoms with van der Waals surface area (Å²) < 4.78 is 37.6. The fraction of sp³-hybridized carbons (Fsp3) is 0.263. The van der Waals surface area contributed by atoms with Crippen LogP contribution in [0.15, 0.2) is 42.5 Å². The van der Waals surface area contributed by atoms with Crippen LogP contribution in [0.2, 0.25) is 0 Å². The number of halogens is 3. The summed E-state index contributed by atoms with van der Waals surface area (Å²) in [6, 6.07) is 9.81. The third kappa shape index (κ3) is 5.34. The smallest absolute Gasteiger partial charge is 0.352 e. The Hall–Kier alpha value is -2.83. The standard InChI is InChI=1S/C19H19F3N2O2/c1-12-3-6-15(11-17(12)24-13(2)25)18(26)23-10-9-14-4-7-16(8-5-14)19(20,21)22/h3-8,11H,9-10H2,1-2H3,(H,23,26)(H,24,25). The monoisotopic (exact) mass is 364 g/mol. The minimum atomic E-state index is -4.36. The molecule has 0 aliphatic rings. The summed E-state index contributed by atoms with van der Waals surface area (Å²) in [4.78, 5) is 23.4. The number of alkyl halides is 3. The van der Waals surface area contributed by atoms with Gasteiger partial charge in [0.1, 0.15) is 0 Å². The molecule has 2 amide bonds. The molecular weight excluding hydrogens is 345 g/mol. The second kappa shape index (κ2) is 8.03. The molecule has 4 nitrogen and oxygen atoms in total. The van der Waals surface area contributed by atoms with Crippen LogP contribution in [0.1, 0.15) is 34.0 Å². The van der Waals surface area contributed by atoms with Crippen LogP contribution in [0.3, 0.4) is 0 Å². The first-order valence-corrected chi connectivity index (χ1v) is 7.99. The van der Waals surface area contributed by atoms with Gasteiger partial charge in [-0.1, -0.05) is 18.2 Å². The van der Waals surface area contributed by atoms with Crippen molar-refractivity contribution in [2.24, 2.45) is 0 Å². The van der Waals surface area contributed by atoms with Crippen molar-refractivity contribution in [3.8, 4) is 0 Å². The number of carbonyl (C=O) groups excluding carboxylic acids is 2. The summed E-state index contributed by atoms with van der Waals surface area (Å²) in [5.41, 5.74) is 1.79. The zero-order valence-corrected chi connectivity index (χ0v) is 14.4. The van der Waals surface area contributed by atoms with Gasteiger partial charge in [-0.3, -0.25) is 9.59 Å². The second-order valence-corrected chi connectivity index (χ2v) is 5.91. The van der Waals surface area contributed by atoms with Gasteiger partial charge in [-0.05, 0) is 48.7 Å². The Bertz CT molecular complexity index is 799. The Morgan fingerprint density at radius 1 is 1.04 bits per heavy atom. The predicted octanol–water partition coefficient (Wildman–Crippen LogP) is 3.94. The molecule has 138 valence electrons. The van der Waals surface area contributed by atoms with Gasteiger partial charge >= 0.3 is 6.18 Å². The summed E-state index contributed by atoms with van der Waals surface area (Å²) in [6.07, 6.45) is -3.95. The van der Waals surface area contributed by atoms with Crippen LogP contribution >= 0.6 is 0 Å². The number of anilines is 1. The number of hydrogen-bond donors (Lipinski definition) is 2. The van der Waals surface area contributed by atoms with Crippen molar-refractivity contribution < 1.29 is 22.8 Å². The van der Waals surface area contributed by atoms with E-state index in [4.69, 9.17) is 0 Å². The molecule has 26 heavy (non-hydrogen) atoms. The van der Waals surface area contributed by atoms with Crippen LogP contribution in [-0.2, 0) is 17.4 Å². The molecule has 2 aromatic carbocycles. The van der Waals surface area contributed by atoms with Gasteiger partial charge in [-0.25, -0.2) is 0 Å². The van der Waals surface area contributed by atoms with E-state index in [1.807, 2.05) is 6.92 Å². The van der Waals surface area contributed by atoms with Crippen LogP contribution in [0.25, 0.3) is 0 Å². The maximum atomic E-state index is 12.5. The quantitative estimate of drug-likeness (QED) is 0.844. The topological polar surface area (TPSA) is 58.2 Å². The molecule has 0 radical (unpaired) electrons. The Morgan fingerprint density at radius 3 is 2.27 bits per heavy atom. The lowest BCUT2D eigenvalue weighted by Crippen LogP contribution is -2.26. The number of amides is 2. The normalized spacial score (nSPS) is 11.1. The molecule has 0 aromatic heterocycles. The molecule has 0 unspecified atom stereocenters. The first kappa shape index (κ1) is 19.5. The number of carbonyl (C=O) groups is 2. The lowest BCUT2D eigenvalue weighted by atomic mass is 10.1. The maximum Gasteiger partial charge on any atom is 0.416 e. The molecule has 2 rings (SSSR count). The second-order valence-electron chi connectivity index (χ2n) is 5.91. The zero-order valence-electron chi connectivity index (χ0n) is 14.4. The molecule has 0 fully saturated rings. The third-order valence-corrected chi connectivity index (χ3v) is 3.79. The van der Waals surface area contributed by atoms with E-state index in [-0.39, 0.29) is 18.4 Å². The van der Waals surface area contributed by atoms with Gasteiger partial charge < -0.3 is 10.6 Å². The largest absolute Gasteiger partial charge is 0.416 e. The molecule has 7 heteroatoms. The number of nitrogens with one attached hydrogen (secondary N) is 2. The van der Waals surface area contributed by atoms with E-state index in [9.17, 15) is 22.8 Å². The van der Waals surface area contributed by atoms with Crippen molar-refractivity contribution in [3.63, 3.8) is 0 Å². The lowest BCUT2D eigenvalue weighted by molar-refractivity contribution is -0.137. The molecule has 2 N–H and O–H groups in total. The van der Waals surface area contributed by atoms with Gasteiger partial charge in [0, 0.05) is 24.7 Å². The van der Waals surface area contributed by atoms with Gasteiger partial charge in [-0.15, -0.1) is 0 Å². The fourth-order valence-electron chi connectivity index (χ4n) is 2.37. The molecule has 2 aromatic rings. The molecule has 0 saturated heterocycles. The molecular formula is C19H19F3N2O2. The maximum absolute atomic E-state index is 12.5. The molecule has 0 aliphatic carbocycles. The third-order valence-electron chi connectivity index (χ3n) is 3.79. The highest BCUT2D eigenvalue weighted by atomic mass is 19.4. The first-order valence-electron chi connectivity index (χ1n) is 7.99. The van der Waals surface area contributed by atoms with E-state index in [0.717, 1.165) is 17.7 Å². The number of rotatable bonds is 5. The highest BCUT2D eigenvalue weighted by Gasteiger charge is 2.29. The van der Waals surface area contributed by atoms with Gasteiger partial charge in [-0.2, -0.15) is 13.2 Å². The van der Waals surface area contributed by atoms with Crippen molar-refractivity contribution in [1.82, 2.24) is 5.32 Å². The van der Waals surface area contributed by atoms with Crippen molar-refractivity contribution in [2.45, 2.75) is 26.4 Å². The van der Waals surface area contributed by atoms with Crippen LogP contribution in [0.5, 0.6) is 0 Å². The van der Waals surface area contributed by atoms with E-state index in [0.29, 0.717) is 23.2 Å². The summed E-state index contributed by atoms with van der Waals surface area (Å²) in [7, 11) is 0. The Balaban J connectivity index is 1.93. The number of benzene rings is 2. The molecule has 0 heterocycles. The minimum absolute atomic E-state index is 0.229. The van der Waals surface area contributed by atoms with Crippen LogP contribution in [0.4, 0.5) is 18.9 Å². The Morgan fingerprint density at radius 2 is 1.69 bits per heavy atom. The molecule has 0 aliphatic heterocycles. The van der Waals surface area contributed by atoms with Gasteiger partial charge in [0.05, 0.1) is 5.56 Å². The van der Waals surface area contributed by atoms with Crippen molar-refractivity contribution in [1.29, 1.82) is 0 Å². The van der Waals surface area contributed by atoms with Crippen LogP contribution in [-0.4, -0.2) is 18.4 Å². The van der Waals surface area contributed by atoms with E-state index in [1.165, 1.54) is 19.1 Å². The number of hydrogen-bond acceptors (Lipinski definition) is 2. The van der Waals surface area contributed by atoms with Crippen LogP contribution < -0.4 is 10.6 Å². The SMILES string of the molecule is CC(=O)Nc1cc(C(=O)NCCc2ccc(C(F)(F)F)cc2)ccc1C. The summed E-state index contributed by atoms with van der Waals surface area (Å²) in [6.45, 7) is 3.49. The lowest BCUT2D eigenvalue weighted by Gasteiger charge is -2.10. The fourth-order valence-corrected chi connectivity index (χ4v) is 2.37. The first-order chi connectivity index (χ1) is 12.2. The van der Waals surface area contributed by atoms with E-state index >= 15 is 0 Å². The molecule has 0 saturated carbocycles. The summed E-state index contributed by atoms with van der Waals surface area (Å²) in [5, 5.41) is 5.38. The van der Waals surface area contributed by atoms with Crippen molar-refractivity contribution in [3.05, 3.63) is 64.7 Å². The predicted molar refractivity (Wildman–Crippen MR) is 93.0 cm³/mol. The molecule has 0 spiro atoms. The van der Waals surface area contributed by atoms with Gasteiger partial charge in [0.15, 0.2) is 0 Å². The van der Waals surface area contributed by atoms with Gasteiger partial charge in [0.2, 0.25) is 5.91 Å². The Kier molecular flexibility index (Phi) is 6.02. The average molecular weight is 364 g/mol. The highest BCUT2D eigenvalue weighted by Crippen LogP contribution is 2.29. The van der Waals surface area contributed by atoms with Crippen molar-refractivity contribution in [2.75, 3.05) is 11.9 Å². The summed E-state index contributed by atoms with van der Waals surface area (Å²) in [5.74, 6) is -0.545. The average Bonchev–Trinajstić information content (AvgIpc) is 2.56. The van der Waals surface area contributed by atoms with Crippen LogP contribution in [0, 0.1) is 6.92 Å². The minimum Gasteiger partial charge on any atom is -0.352 e. The van der Waals surface area contributed by atoms with Crippen molar-refractivity contribution >= 4 is 17.5 Å². The highest BCUT2D eigenvalue weighted by molar-refractivity contribution is 5.97. The van der Waals surface area contributed by atoms with E-state index in [1.54, 1.807) is 18.2 Å². The summed E-state index contributed by atoms with van der Waals surface area (Å²) >= 11 is 0. The zero-order chi connectivity index (χ0) is 19.3. The Labute approximate surface area is 149 Å². The molecule has 0 bridgehead atoms. The number of aryl methyl sites for hydroxylation is 1.